The number of aliphatic carboxylic acids is 1. The van der Waals surface area contributed by atoms with E-state index in [1.165, 1.54) is 0 Å². The zero-order valence-corrected chi connectivity index (χ0v) is 10.3. The molecule has 1 saturated heterocycles. The van der Waals surface area contributed by atoms with E-state index < -0.39 is 11.9 Å². The van der Waals surface area contributed by atoms with Gasteiger partial charge in [-0.3, -0.25) is 9.59 Å². The van der Waals surface area contributed by atoms with Crippen LogP contribution in [-0.2, 0) is 14.3 Å². The van der Waals surface area contributed by atoms with Gasteiger partial charge in [-0.15, -0.1) is 0 Å². The van der Waals surface area contributed by atoms with Gasteiger partial charge in [0.05, 0.1) is 12.0 Å². The highest BCUT2D eigenvalue weighted by Crippen LogP contribution is 2.19. The molecule has 3 unspecified atom stereocenters. The Morgan fingerprint density at radius 1 is 1.39 bits per heavy atom. The van der Waals surface area contributed by atoms with Crippen LogP contribution in [0.15, 0.2) is 12.2 Å². The van der Waals surface area contributed by atoms with Gasteiger partial charge >= 0.3 is 5.97 Å². The molecule has 0 saturated carbocycles. The standard InChI is InChI=1S/C13H19NO4/c15-12(6-5-11-2-1-7-18-11)14-10-4-3-9(8-10)13(16)17/h3-4,9-11H,1-2,5-8H2,(H,14,15)(H,16,17). The first kappa shape index (κ1) is 13.1. The van der Waals surface area contributed by atoms with Crippen LogP contribution in [0.25, 0.3) is 0 Å². The van der Waals surface area contributed by atoms with Crippen molar-refractivity contribution in [3.8, 4) is 0 Å². The minimum absolute atomic E-state index is 0.0220. The van der Waals surface area contributed by atoms with Crippen molar-refractivity contribution in [2.75, 3.05) is 6.61 Å². The number of amides is 1. The molecule has 2 N–H and O–H groups in total. The number of ether oxygens (including phenoxy) is 1. The van der Waals surface area contributed by atoms with Gasteiger partial charge in [0.15, 0.2) is 0 Å². The van der Waals surface area contributed by atoms with Crippen LogP contribution in [0.3, 0.4) is 0 Å². The Labute approximate surface area is 106 Å². The lowest BCUT2D eigenvalue weighted by atomic mass is 10.1. The van der Waals surface area contributed by atoms with E-state index >= 15 is 0 Å². The average Bonchev–Trinajstić information content (AvgIpc) is 2.96. The molecule has 0 bridgehead atoms. The Hall–Kier alpha value is -1.36. The van der Waals surface area contributed by atoms with E-state index in [9.17, 15) is 9.59 Å². The normalized spacial score (nSPS) is 30.6. The number of hydrogen-bond donors (Lipinski definition) is 2. The molecule has 3 atom stereocenters. The van der Waals surface area contributed by atoms with Crippen molar-refractivity contribution in [2.45, 2.75) is 44.2 Å². The van der Waals surface area contributed by atoms with E-state index in [-0.39, 0.29) is 18.1 Å². The summed E-state index contributed by atoms with van der Waals surface area (Å²) in [6, 6.07) is -0.136. The molecule has 2 rings (SSSR count). The summed E-state index contributed by atoms with van der Waals surface area (Å²) in [5.41, 5.74) is 0. The molecule has 2 aliphatic rings. The topological polar surface area (TPSA) is 75.6 Å². The molecule has 5 nitrogen and oxygen atoms in total. The first-order valence-corrected chi connectivity index (χ1v) is 6.47. The maximum atomic E-state index is 11.7. The number of carbonyl (C=O) groups is 2. The maximum absolute atomic E-state index is 11.7. The molecule has 1 heterocycles. The summed E-state index contributed by atoms with van der Waals surface area (Å²) < 4.78 is 5.45. The van der Waals surface area contributed by atoms with Crippen molar-refractivity contribution in [3.05, 3.63) is 12.2 Å². The van der Waals surface area contributed by atoms with Crippen LogP contribution in [0.4, 0.5) is 0 Å². The van der Waals surface area contributed by atoms with Crippen LogP contribution in [0.5, 0.6) is 0 Å². The van der Waals surface area contributed by atoms with Crippen molar-refractivity contribution in [1.82, 2.24) is 5.32 Å². The van der Waals surface area contributed by atoms with E-state index in [0.717, 1.165) is 25.9 Å². The molecule has 100 valence electrons. The Bertz CT molecular complexity index is 347. The molecule has 0 spiro atoms. The summed E-state index contributed by atoms with van der Waals surface area (Å²) in [7, 11) is 0. The highest BCUT2D eigenvalue weighted by Gasteiger charge is 2.25. The van der Waals surface area contributed by atoms with Crippen LogP contribution in [0.1, 0.15) is 32.1 Å². The second kappa shape index (κ2) is 6.00. The summed E-state index contributed by atoms with van der Waals surface area (Å²) in [4.78, 5) is 22.4. The van der Waals surface area contributed by atoms with E-state index in [1.807, 2.05) is 0 Å². The molecule has 0 aromatic heterocycles. The summed E-state index contributed by atoms with van der Waals surface area (Å²) in [6.07, 6.45) is 7.42. The first-order valence-electron chi connectivity index (χ1n) is 6.47. The number of hydrogen-bond acceptors (Lipinski definition) is 3. The molecule has 5 heteroatoms. The Morgan fingerprint density at radius 3 is 2.83 bits per heavy atom. The van der Waals surface area contributed by atoms with Gasteiger partial charge in [-0.1, -0.05) is 12.2 Å². The van der Waals surface area contributed by atoms with Gasteiger partial charge in [0.2, 0.25) is 5.91 Å². The molecular weight excluding hydrogens is 234 g/mol. The van der Waals surface area contributed by atoms with Crippen LogP contribution in [0.2, 0.25) is 0 Å². The largest absolute Gasteiger partial charge is 0.481 e. The van der Waals surface area contributed by atoms with Gasteiger partial charge in [-0.05, 0) is 25.7 Å². The predicted octanol–water partition coefficient (Wildman–Crippen LogP) is 1.09. The monoisotopic (exact) mass is 253 g/mol. The zero-order chi connectivity index (χ0) is 13.0. The SMILES string of the molecule is O=C(CCC1CCCO1)NC1C=CC(C(=O)O)C1. The first-order chi connectivity index (χ1) is 8.65. The van der Waals surface area contributed by atoms with Crippen LogP contribution in [-0.4, -0.2) is 35.7 Å². The Kier molecular flexibility index (Phi) is 4.36. The fourth-order valence-corrected chi connectivity index (χ4v) is 2.43. The third kappa shape index (κ3) is 3.57. The summed E-state index contributed by atoms with van der Waals surface area (Å²) in [5, 5.41) is 11.7. The molecule has 1 amide bonds. The maximum Gasteiger partial charge on any atom is 0.310 e. The molecular formula is C13H19NO4. The number of carbonyl (C=O) groups excluding carboxylic acids is 1. The highest BCUT2D eigenvalue weighted by molar-refractivity contribution is 5.77. The fourth-order valence-electron chi connectivity index (χ4n) is 2.43. The molecule has 1 aliphatic carbocycles. The van der Waals surface area contributed by atoms with Crippen molar-refractivity contribution < 1.29 is 19.4 Å². The second-order valence-corrected chi connectivity index (χ2v) is 4.91. The lowest BCUT2D eigenvalue weighted by Gasteiger charge is -2.13. The van der Waals surface area contributed by atoms with Gasteiger partial charge in [0, 0.05) is 19.1 Å². The lowest BCUT2D eigenvalue weighted by Crippen LogP contribution is -2.33. The second-order valence-electron chi connectivity index (χ2n) is 4.91. The quantitative estimate of drug-likeness (QED) is 0.719. The molecule has 18 heavy (non-hydrogen) atoms. The number of carboxylic acids is 1. The van der Waals surface area contributed by atoms with E-state index in [1.54, 1.807) is 12.2 Å². The molecule has 0 aromatic carbocycles. The van der Waals surface area contributed by atoms with Crippen LogP contribution in [0, 0.1) is 5.92 Å². The number of carboxylic acid groups (broad SMARTS) is 1. The lowest BCUT2D eigenvalue weighted by molar-refractivity contribution is -0.140. The minimum Gasteiger partial charge on any atom is -0.481 e. The van der Waals surface area contributed by atoms with Crippen LogP contribution >= 0.6 is 0 Å². The van der Waals surface area contributed by atoms with Crippen molar-refractivity contribution >= 4 is 11.9 Å². The van der Waals surface area contributed by atoms with Gasteiger partial charge < -0.3 is 15.2 Å². The van der Waals surface area contributed by atoms with E-state index in [0.29, 0.717) is 12.8 Å². The average molecular weight is 253 g/mol. The van der Waals surface area contributed by atoms with Crippen LogP contribution < -0.4 is 5.32 Å². The smallest absolute Gasteiger partial charge is 0.310 e. The number of nitrogens with one attached hydrogen (secondary N) is 1. The van der Waals surface area contributed by atoms with Crippen molar-refractivity contribution in [3.63, 3.8) is 0 Å². The van der Waals surface area contributed by atoms with E-state index in [2.05, 4.69) is 5.32 Å². The van der Waals surface area contributed by atoms with Gasteiger partial charge in [-0.25, -0.2) is 0 Å². The molecule has 1 aliphatic heterocycles. The predicted molar refractivity (Wildman–Crippen MR) is 65.0 cm³/mol. The van der Waals surface area contributed by atoms with E-state index in [4.69, 9.17) is 9.84 Å². The Balaban J connectivity index is 1.65. The third-order valence-electron chi connectivity index (χ3n) is 3.46. The van der Waals surface area contributed by atoms with Crippen molar-refractivity contribution in [2.24, 2.45) is 5.92 Å². The number of rotatable bonds is 5. The van der Waals surface area contributed by atoms with Gasteiger partial charge in [0.1, 0.15) is 0 Å². The summed E-state index contributed by atoms with van der Waals surface area (Å²) in [6.45, 7) is 0.804. The van der Waals surface area contributed by atoms with Gasteiger partial charge in [0.25, 0.3) is 0 Å². The minimum atomic E-state index is -0.831. The summed E-state index contributed by atoms with van der Waals surface area (Å²) in [5.74, 6) is -1.32. The zero-order valence-electron chi connectivity index (χ0n) is 10.3. The molecule has 0 radical (unpaired) electrons. The fraction of sp³-hybridized carbons (Fsp3) is 0.692. The Morgan fingerprint density at radius 2 is 2.22 bits per heavy atom. The van der Waals surface area contributed by atoms with Crippen molar-refractivity contribution in [1.29, 1.82) is 0 Å². The highest BCUT2D eigenvalue weighted by atomic mass is 16.5. The molecule has 1 fully saturated rings. The summed E-state index contributed by atoms with van der Waals surface area (Å²) >= 11 is 0. The molecule has 0 aromatic rings. The third-order valence-corrected chi connectivity index (χ3v) is 3.46. The van der Waals surface area contributed by atoms with Gasteiger partial charge in [-0.2, -0.15) is 0 Å².